The van der Waals surface area contributed by atoms with Gasteiger partial charge in [-0.15, -0.1) is 0 Å². The number of rotatable bonds is 3. The number of ether oxygens (including phenoxy) is 1. The molecule has 2 aromatic heterocycles. The second-order valence-corrected chi connectivity index (χ2v) is 10.7. The molecular weight excluding hydrogens is 360 g/mol. The van der Waals surface area contributed by atoms with Crippen LogP contribution in [0.4, 0.5) is 0 Å². The molecule has 1 aliphatic carbocycles. The Balaban J connectivity index is 1.55. The third-order valence-corrected chi connectivity index (χ3v) is 7.15. The van der Waals surface area contributed by atoms with E-state index in [9.17, 15) is 0 Å². The summed E-state index contributed by atoms with van der Waals surface area (Å²) in [5.41, 5.74) is 4.74. The molecule has 0 radical (unpaired) electrons. The molecule has 1 N–H and O–H groups in total. The van der Waals surface area contributed by atoms with Gasteiger partial charge in [0.2, 0.25) is 0 Å². The van der Waals surface area contributed by atoms with Gasteiger partial charge in [0.1, 0.15) is 6.10 Å². The summed E-state index contributed by atoms with van der Waals surface area (Å²) in [6.45, 7) is 15.3. The molecule has 29 heavy (non-hydrogen) atoms. The molecule has 1 saturated heterocycles. The predicted molar refractivity (Wildman–Crippen MR) is 117 cm³/mol. The fraction of sp³-hybridized carbons (Fsp3) is 0.750. The van der Waals surface area contributed by atoms with E-state index in [2.05, 4.69) is 59.0 Å². The molecule has 0 amide bonds. The minimum absolute atomic E-state index is 0.0265. The van der Waals surface area contributed by atoms with Crippen molar-refractivity contribution in [2.45, 2.75) is 85.3 Å². The standard InChI is InChI=1S/C24H38N4O/c1-15(2)20-14-29-22(13-25-20)21-11-16(3)26-23-12-19(27-28(21)23)17-7-9-18(10-8-17)24(4,5)6/h11-12,15,17-18,20,22,25H,7-10,13-14H2,1-6H3/t17-,18-,20-,22-/m1/s1. The first-order valence-electron chi connectivity index (χ1n) is 11.4. The van der Waals surface area contributed by atoms with Gasteiger partial charge in [0.15, 0.2) is 5.65 Å². The van der Waals surface area contributed by atoms with Crippen molar-refractivity contribution in [3.05, 3.63) is 29.2 Å². The molecule has 0 spiro atoms. The number of aromatic nitrogens is 3. The molecule has 1 saturated carbocycles. The number of aryl methyl sites for hydroxylation is 1. The van der Waals surface area contributed by atoms with E-state index in [4.69, 9.17) is 14.8 Å². The zero-order valence-corrected chi connectivity index (χ0v) is 19.0. The Bertz CT molecular complexity index is 834. The molecule has 1 aliphatic heterocycles. The van der Waals surface area contributed by atoms with Crippen molar-refractivity contribution >= 4 is 5.65 Å². The molecule has 2 aliphatic rings. The minimum atomic E-state index is 0.0265. The van der Waals surface area contributed by atoms with Gasteiger partial charge in [-0.05, 0) is 55.9 Å². The summed E-state index contributed by atoms with van der Waals surface area (Å²) < 4.78 is 8.30. The Morgan fingerprint density at radius 2 is 1.86 bits per heavy atom. The SMILES string of the molecule is Cc1cc([C@H]2CN[C@@H](C(C)C)CO2)n2nc([C@H]3CC[C@H](C(C)(C)C)CC3)cc2n1. The van der Waals surface area contributed by atoms with Crippen molar-refractivity contribution < 1.29 is 4.74 Å². The van der Waals surface area contributed by atoms with E-state index >= 15 is 0 Å². The lowest BCUT2D eigenvalue weighted by molar-refractivity contribution is -0.0105. The van der Waals surface area contributed by atoms with E-state index in [1.807, 2.05) is 4.52 Å². The van der Waals surface area contributed by atoms with E-state index in [1.165, 1.54) is 31.4 Å². The number of morpholine rings is 1. The minimum Gasteiger partial charge on any atom is -0.369 e. The second kappa shape index (κ2) is 7.99. The van der Waals surface area contributed by atoms with Crippen molar-refractivity contribution in [1.82, 2.24) is 19.9 Å². The van der Waals surface area contributed by atoms with Crippen LogP contribution in [0.3, 0.4) is 0 Å². The molecule has 2 fully saturated rings. The maximum atomic E-state index is 6.26. The molecule has 3 heterocycles. The number of hydrogen-bond acceptors (Lipinski definition) is 4. The third-order valence-electron chi connectivity index (χ3n) is 7.15. The van der Waals surface area contributed by atoms with Gasteiger partial charge in [-0.2, -0.15) is 5.10 Å². The number of nitrogens with one attached hydrogen (secondary N) is 1. The van der Waals surface area contributed by atoms with E-state index in [-0.39, 0.29) is 6.10 Å². The Morgan fingerprint density at radius 1 is 1.14 bits per heavy atom. The van der Waals surface area contributed by atoms with Crippen LogP contribution in [-0.4, -0.2) is 33.8 Å². The molecule has 160 valence electrons. The monoisotopic (exact) mass is 398 g/mol. The Morgan fingerprint density at radius 3 is 2.45 bits per heavy atom. The zero-order chi connectivity index (χ0) is 20.8. The number of nitrogens with zero attached hydrogens (tertiary/aromatic N) is 3. The second-order valence-electron chi connectivity index (χ2n) is 10.7. The van der Waals surface area contributed by atoms with Gasteiger partial charge in [0.05, 0.1) is 18.0 Å². The van der Waals surface area contributed by atoms with E-state index in [0.717, 1.165) is 36.1 Å². The van der Waals surface area contributed by atoms with Crippen LogP contribution in [0.15, 0.2) is 12.1 Å². The number of hydrogen-bond donors (Lipinski definition) is 1. The highest BCUT2D eigenvalue weighted by Gasteiger charge is 2.32. The number of fused-ring (bicyclic) bond motifs is 1. The van der Waals surface area contributed by atoms with Crippen molar-refractivity contribution in [1.29, 1.82) is 0 Å². The average Bonchev–Trinajstić information content (AvgIpc) is 3.10. The Hall–Kier alpha value is -1.46. The summed E-state index contributed by atoms with van der Waals surface area (Å²) in [4.78, 5) is 4.77. The van der Waals surface area contributed by atoms with Crippen LogP contribution in [0, 0.1) is 24.2 Å². The van der Waals surface area contributed by atoms with Gasteiger partial charge in [0.25, 0.3) is 0 Å². The lowest BCUT2D eigenvalue weighted by Crippen LogP contribution is -2.46. The van der Waals surface area contributed by atoms with Crippen molar-refractivity contribution in [3.8, 4) is 0 Å². The average molecular weight is 399 g/mol. The maximum Gasteiger partial charge on any atom is 0.155 e. The normalized spacial score (nSPS) is 28.9. The topological polar surface area (TPSA) is 51.5 Å². The summed E-state index contributed by atoms with van der Waals surface area (Å²) in [5.74, 6) is 1.95. The quantitative estimate of drug-likeness (QED) is 0.787. The van der Waals surface area contributed by atoms with Gasteiger partial charge in [-0.1, -0.05) is 34.6 Å². The lowest BCUT2D eigenvalue weighted by atomic mass is 9.69. The molecule has 5 nitrogen and oxygen atoms in total. The molecule has 5 heteroatoms. The fourth-order valence-corrected chi connectivity index (χ4v) is 5.04. The first-order chi connectivity index (χ1) is 13.7. The first kappa shape index (κ1) is 20.8. The molecular formula is C24H38N4O. The van der Waals surface area contributed by atoms with Gasteiger partial charge in [0, 0.05) is 30.3 Å². The molecule has 4 rings (SSSR count). The van der Waals surface area contributed by atoms with Crippen LogP contribution in [-0.2, 0) is 4.74 Å². The smallest absolute Gasteiger partial charge is 0.155 e. The molecule has 0 bridgehead atoms. The van der Waals surface area contributed by atoms with E-state index < -0.39 is 0 Å². The Labute approximate surface area is 175 Å². The molecule has 2 atom stereocenters. The molecule has 2 aromatic rings. The van der Waals surface area contributed by atoms with E-state index in [0.29, 0.717) is 23.3 Å². The maximum absolute atomic E-state index is 6.26. The van der Waals surface area contributed by atoms with Gasteiger partial charge >= 0.3 is 0 Å². The van der Waals surface area contributed by atoms with Crippen molar-refractivity contribution in [2.24, 2.45) is 17.3 Å². The largest absolute Gasteiger partial charge is 0.369 e. The van der Waals surface area contributed by atoms with Crippen LogP contribution in [0.5, 0.6) is 0 Å². The fourth-order valence-electron chi connectivity index (χ4n) is 5.04. The summed E-state index contributed by atoms with van der Waals surface area (Å²) >= 11 is 0. The highest BCUT2D eigenvalue weighted by Crippen LogP contribution is 2.43. The Kier molecular flexibility index (Phi) is 5.73. The van der Waals surface area contributed by atoms with Gasteiger partial charge in [-0.25, -0.2) is 9.50 Å². The van der Waals surface area contributed by atoms with Crippen LogP contribution >= 0.6 is 0 Å². The van der Waals surface area contributed by atoms with Gasteiger partial charge < -0.3 is 10.1 Å². The zero-order valence-electron chi connectivity index (χ0n) is 19.0. The summed E-state index contributed by atoms with van der Waals surface area (Å²) in [6, 6.07) is 4.78. The van der Waals surface area contributed by atoms with E-state index in [1.54, 1.807) is 0 Å². The van der Waals surface area contributed by atoms with Crippen LogP contribution in [0.25, 0.3) is 5.65 Å². The van der Waals surface area contributed by atoms with Crippen LogP contribution < -0.4 is 5.32 Å². The highest BCUT2D eigenvalue weighted by atomic mass is 16.5. The third kappa shape index (κ3) is 4.36. The molecule has 0 unspecified atom stereocenters. The van der Waals surface area contributed by atoms with Crippen LogP contribution in [0.1, 0.15) is 89.4 Å². The predicted octanol–water partition coefficient (Wildman–Crippen LogP) is 5.04. The highest BCUT2D eigenvalue weighted by molar-refractivity contribution is 5.43. The van der Waals surface area contributed by atoms with Crippen molar-refractivity contribution in [3.63, 3.8) is 0 Å². The van der Waals surface area contributed by atoms with Crippen molar-refractivity contribution in [2.75, 3.05) is 13.2 Å². The lowest BCUT2D eigenvalue weighted by Gasteiger charge is -2.36. The first-order valence-corrected chi connectivity index (χ1v) is 11.4. The molecule has 0 aromatic carbocycles. The van der Waals surface area contributed by atoms with Gasteiger partial charge in [-0.3, -0.25) is 0 Å². The van der Waals surface area contributed by atoms with Crippen LogP contribution in [0.2, 0.25) is 0 Å². The summed E-state index contributed by atoms with van der Waals surface area (Å²) in [7, 11) is 0. The summed E-state index contributed by atoms with van der Waals surface area (Å²) in [6.07, 6.45) is 5.09. The summed E-state index contributed by atoms with van der Waals surface area (Å²) in [5, 5.41) is 8.69.